The Labute approximate surface area is 130 Å². The third kappa shape index (κ3) is 4.00. The molecule has 0 radical (unpaired) electrons. The first-order chi connectivity index (χ1) is 10.9. The number of nitro groups is 1. The van der Waals surface area contributed by atoms with E-state index in [1.807, 2.05) is 0 Å². The second-order valence-electron chi connectivity index (χ2n) is 4.52. The fourth-order valence-electron chi connectivity index (χ4n) is 1.75. The van der Waals surface area contributed by atoms with Crippen molar-refractivity contribution in [3.05, 3.63) is 52.2 Å². The first kappa shape index (κ1) is 15.9. The molecule has 9 heteroatoms. The lowest BCUT2D eigenvalue weighted by Crippen LogP contribution is -2.14. The van der Waals surface area contributed by atoms with Crippen molar-refractivity contribution in [2.45, 2.75) is 6.92 Å². The smallest absolute Gasteiger partial charge is 0.271 e. The second-order valence-corrected chi connectivity index (χ2v) is 4.52. The first-order valence-corrected chi connectivity index (χ1v) is 6.39. The third-order valence-corrected chi connectivity index (χ3v) is 2.77. The number of non-ortho nitro benzene ring substituents is 1. The zero-order valence-corrected chi connectivity index (χ0v) is 11.9. The van der Waals surface area contributed by atoms with Gasteiger partial charge in [0.05, 0.1) is 10.6 Å². The lowest BCUT2D eigenvalue weighted by Gasteiger charge is -2.08. The molecule has 0 unspecified atom stereocenters. The number of carbonyl (C=O) groups excluding carboxylic acids is 2. The number of benzene rings is 1. The van der Waals surface area contributed by atoms with E-state index in [0.29, 0.717) is 0 Å². The Morgan fingerprint density at radius 1 is 1.22 bits per heavy atom. The molecule has 0 atom stereocenters. The molecule has 2 amide bonds. The summed E-state index contributed by atoms with van der Waals surface area (Å²) >= 11 is 0. The first-order valence-electron chi connectivity index (χ1n) is 6.39. The van der Waals surface area contributed by atoms with E-state index in [4.69, 9.17) is 0 Å². The summed E-state index contributed by atoms with van der Waals surface area (Å²) in [4.78, 5) is 37.1. The number of nitro benzene ring substituents is 1. The Morgan fingerprint density at radius 2 is 1.96 bits per heavy atom. The predicted octanol–water partition coefficient (Wildman–Crippen LogP) is 1.91. The van der Waals surface area contributed by atoms with Crippen LogP contribution in [0.2, 0.25) is 0 Å². The van der Waals surface area contributed by atoms with Crippen LogP contribution in [0, 0.1) is 10.1 Å². The maximum atomic E-state index is 12.2. The van der Waals surface area contributed by atoms with Crippen LogP contribution in [0.4, 0.5) is 17.2 Å². The SMILES string of the molecule is CC(=O)Nc1cc(C(=O)Nc2cc([N+](=O)[O-])ccc2O)ccn1. The van der Waals surface area contributed by atoms with Gasteiger partial charge < -0.3 is 15.7 Å². The summed E-state index contributed by atoms with van der Waals surface area (Å²) in [5.41, 5.74) is -0.205. The van der Waals surface area contributed by atoms with Gasteiger partial charge in [0.2, 0.25) is 5.91 Å². The number of anilines is 2. The highest BCUT2D eigenvalue weighted by atomic mass is 16.6. The van der Waals surface area contributed by atoms with Gasteiger partial charge in [-0.25, -0.2) is 4.98 Å². The van der Waals surface area contributed by atoms with Crippen molar-refractivity contribution in [2.24, 2.45) is 0 Å². The minimum absolute atomic E-state index is 0.0953. The highest BCUT2D eigenvalue weighted by Gasteiger charge is 2.14. The summed E-state index contributed by atoms with van der Waals surface area (Å²) < 4.78 is 0. The molecule has 1 aromatic carbocycles. The maximum absolute atomic E-state index is 12.2. The van der Waals surface area contributed by atoms with Crippen molar-refractivity contribution in [1.29, 1.82) is 0 Å². The minimum Gasteiger partial charge on any atom is -0.506 e. The van der Waals surface area contributed by atoms with Gasteiger partial charge in [0.1, 0.15) is 11.6 Å². The molecule has 9 nitrogen and oxygen atoms in total. The lowest BCUT2D eigenvalue weighted by atomic mass is 10.2. The lowest BCUT2D eigenvalue weighted by molar-refractivity contribution is -0.384. The summed E-state index contributed by atoms with van der Waals surface area (Å²) in [7, 11) is 0. The predicted molar refractivity (Wildman–Crippen MR) is 81.3 cm³/mol. The zero-order chi connectivity index (χ0) is 17.0. The normalized spacial score (nSPS) is 9.96. The molecule has 0 aliphatic heterocycles. The van der Waals surface area contributed by atoms with Gasteiger partial charge in [-0.3, -0.25) is 19.7 Å². The van der Waals surface area contributed by atoms with Crippen LogP contribution in [0.25, 0.3) is 0 Å². The number of aromatic nitrogens is 1. The van der Waals surface area contributed by atoms with Gasteiger partial charge in [0.15, 0.2) is 0 Å². The number of hydrogen-bond acceptors (Lipinski definition) is 6. The molecule has 0 saturated carbocycles. The molecule has 0 saturated heterocycles. The van der Waals surface area contributed by atoms with Crippen LogP contribution in [0.5, 0.6) is 5.75 Å². The fraction of sp³-hybridized carbons (Fsp3) is 0.0714. The van der Waals surface area contributed by atoms with Gasteiger partial charge in [0.25, 0.3) is 11.6 Å². The number of carbonyl (C=O) groups is 2. The number of hydrogen-bond donors (Lipinski definition) is 3. The van der Waals surface area contributed by atoms with Crippen molar-refractivity contribution in [1.82, 2.24) is 4.98 Å². The van der Waals surface area contributed by atoms with Gasteiger partial charge >= 0.3 is 0 Å². The van der Waals surface area contributed by atoms with Gasteiger partial charge in [-0.2, -0.15) is 0 Å². The Morgan fingerprint density at radius 3 is 2.61 bits per heavy atom. The van der Waals surface area contributed by atoms with Crippen molar-refractivity contribution >= 4 is 29.0 Å². The van der Waals surface area contributed by atoms with Gasteiger partial charge in [-0.1, -0.05) is 0 Å². The molecule has 2 aromatic rings. The van der Waals surface area contributed by atoms with Crippen LogP contribution in [0.15, 0.2) is 36.5 Å². The van der Waals surface area contributed by atoms with Crippen molar-refractivity contribution in [3.8, 4) is 5.75 Å². The number of phenolic OH excluding ortho intramolecular Hbond substituents is 1. The third-order valence-electron chi connectivity index (χ3n) is 2.77. The standard InChI is InChI=1S/C14H12N4O5/c1-8(19)16-13-6-9(4-5-15-13)14(21)17-11-7-10(18(22)23)2-3-12(11)20/h2-7,20H,1H3,(H,17,21)(H,15,16,19). The van der Waals surface area contributed by atoms with E-state index >= 15 is 0 Å². The molecule has 0 bridgehead atoms. The summed E-state index contributed by atoms with van der Waals surface area (Å²) in [5, 5.41) is 25.2. The zero-order valence-electron chi connectivity index (χ0n) is 11.9. The van der Waals surface area contributed by atoms with Crippen LogP contribution in [-0.4, -0.2) is 26.8 Å². The highest BCUT2D eigenvalue weighted by Crippen LogP contribution is 2.28. The number of phenols is 1. The number of rotatable bonds is 4. The number of nitrogens with one attached hydrogen (secondary N) is 2. The van der Waals surface area contributed by atoms with Crippen LogP contribution in [0.1, 0.15) is 17.3 Å². The number of amides is 2. The Kier molecular flexibility index (Phi) is 4.50. The molecule has 23 heavy (non-hydrogen) atoms. The Hall–Kier alpha value is -3.49. The average Bonchev–Trinajstić information content (AvgIpc) is 2.48. The molecule has 1 heterocycles. The van der Waals surface area contributed by atoms with Crippen molar-refractivity contribution in [2.75, 3.05) is 10.6 Å². The van der Waals surface area contributed by atoms with E-state index in [1.165, 1.54) is 25.3 Å². The van der Waals surface area contributed by atoms with E-state index in [-0.39, 0.29) is 34.4 Å². The summed E-state index contributed by atoms with van der Waals surface area (Å²) in [5.74, 6) is -1.07. The molecule has 3 N–H and O–H groups in total. The number of pyridine rings is 1. The average molecular weight is 316 g/mol. The summed E-state index contributed by atoms with van der Waals surface area (Å²) in [6, 6.07) is 6.01. The molecular weight excluding hydrogens is 304 g/mol. The highest BCUT2D eigenvalue weighted by molar-refractivity contribution is 6.05. The number of aromatic hydroxyl groups is 1. The van der Waals surface area contributed by atoms with Crippen LogP contribution in [0.3, 0.4) is 0 Å². The molecular formula is C14H12N4O5. The molecule has 0 aliphatic rings. The largest absolute Gasteiger partial charge is 0.506 e. The molecule has 0 spiro atoms. The van der Waals surface area contributed by atoms with Crippen LogP contribution < -0.4 is 10.6 Å². The molecule has 1 aromatic heterocycles. The quantitative estimate of drug-likeness (QED) is 0.448. The Bertz CT molecular complexity index is 790. The van der Waals surface area contributed by atoms with E-state index in [0.717, 1.165) is 18.2 Å². The van der Waals surface area contributed by atoms with Gasteiger partial charge in [-0.05, 0) is 18.2 Å². The Balaban J connectivity index is 2.24. The fourth-order valence-corrected chi connectivity index (χ4v) is 1.75. The molecule has 0 aliphatic carbocycles. The van der Waals surface area contributed by atoms with Crippen LogP contribution >= 0.6 is 0 Å². The number of nitrogens with zero attached hydrogens (tertiary/aromatic N) is 2. The monoisotopic (exact) mass is 316 g/mol. The molecule has 118 valence electrons. The van der Waals surface area contributed by atoms with Gasteiger partial charge in [-0.15, -0.1) is 0 Å². The van der Waals surface area contributed by atoms with E-state index in [9.17, 15) is 24.8 Å². The van der Waals surface area contributed by atoms with Gasteiger partial charge in [0, 0.05) is 30.8 Å². The van der Waals surface area contributed by atoms with Crippen molar-refractivity contribution < 1.29 is 19.6 Å². The van der Waals surface area contributed by atoms with E-state index in [1.54, 1.807) is 0 Å². The topological polar surface area (TPSA) is 134 Å². The molecule has 0 fully saturated rings. The summed E-state index contributed by atoms with van der Waals surface area (Å²) in [6.07, 6.45) is 1.33. The summed E-state index contributed by atoms with van der Waals surface area (Å²) in [6.45, 7) is 1.30. The second kappa shape index (κ2) is 6.52. The van der Waals surface area contributed by atoms with E-state index < -0.39 is 10.8 Å². The van der Waals surface area contributed by atoms with Crippen molar-refractivity contribution in [3.63, 3.8) is 0 Å². The van der Waals surface area contributed by atoms with Crippen LogP contribution in [-0.2, 0) is 4.79 Å². The molecule has 2 rings (SSSR count). The minimum atomic E-state index is -0.642. The maximum Gasteiger partial charge on any atom is 0.271 e. The van der Waals surface area contributed by atoms with E-state index in [2.05, 4.69) is 15.6 Å².